The lowest BCUT2D eigenvalue weighted by Gasteiger charge is -2.35. The molecule has 0 radical (unpaired) electrons. The van der Waals surface area contributed by atoms with Crippen molar-refractivity contribution < 1.29 is 23.8 Å². The van der Waals surface area contributed by atoms with E-state index in [-0.39, 0.29) is 11.8 Å². The van der Waals surface area contributed by atoms with E-state index >= 15 is 0 Å². The SMILES string of the molecule is CC(Oc1ccc(Cl)cc1Cl)C(=O)Nc1ccc2c(c1)OC(C)C(=O)N2CCN1CCOCC1. The number of benzene rings is 2. The monoisotopic (exact) mass is 507 g/mol. The highest BCUT2D eigenvalue weighted by molar-refractivity contribution is 6.35. The van der Waals surface area contributed by atoms with E-state index in [0.29, 0.717) is 52.7 Å². The summed E-state index contributed by atoms with van der Waals surface area (Å²) in [5.74, 6) is 0.474. The summed E-state index contributed by atoms with van der Waals surface area (Å²) in [6, 6.07) is 10.1. The second-order valence-corrected chi connectivity index (χ2v) is 9.05. The predicted molar refractivity (Wildman–Crippen MR) is 131 cm³/mol. The molecule has 0 saturated carbocycles. The molecule has 1 fully saturated rings. The van der Waals surface area contributed by atoms with Crippen molar-refractivity contribution in [2.75, 3.05) is 49.6 Å². The quantitative estimate of drug-likeness (QED) is 0.613. The van der Waals surface area contributed by atoms with Crippen LogP contribution in [0.15, 0.2) is 36.4 Å². The molecule has 2 aliphatic heterocycles. The van der Waals surface area contributed by atoms with Crippen molar-refractivity contribution in [2.24, 2.45) is 0 Å². The smallest absolute Gasteiger partial charge is 0.267 e. The highest BCUT2D eigenvalue weighted by Crippen LogP contribution is 2.36. The molecule has 0 aromatic heterocycles. The van der Waals surface area contributed by atoms with E-state index in [1.165, 1.54) is 0 Å². The molecule has 2 heterocycles. The molecule has 1 N–H and O–H groups in total. The highest BCUT2D eigenvalue weighted by Gasteiger charge is 2.32. The van der Waals surface area contributed by atoms with Gasteiger partial charge in [0, 0.05) is 43.0 Å². The summed E-state index contributed by atoms with van der Waals surface area (Å²) in [5.41, 5.74) is 1.22. The van der Waals surface area contributed by atoms with Gasteiger partial charge >= 0.3 is 0 Å². The first-order chi connectivity index (χ1) is 16.3. The minimum Gasteiger partial charge on any atom is -0.479 e. The molecule has 0 aliphatic carbocycles. The van der Waals surface area contributed by atoms with Crippen LogP contribution in [-0.4, -0.2) is 68.3 Å². The molecule has 34 heavy (non-hydrogen) atoms. The molecule has 10 heteroatoms. The standard InChI is InChI=1S/C24H27Cl2N3O5/c1-15(33-21-6-3-17(25)13-19(21)26)23(30)27-18-4-5-20-22(14-18)34-16(2)24(31)29(20)8-7-28-9-11-32-12-10-28/h3-6,13-16H,7-12H2,1-2H3,(H,27,30). The van der Waals surface area contributed by atoms with Crippen LogP contribution in [0.25, 0.3) is 0 Å². The first-order valence-corrected chi connectivity index (χ1v) is 11.9. The van der Waals surface area contributed by atoms with Gasteiger partial charge in [0.2, 0.25) is 0 Å². The van der Waals surface area contributed by atoms with Crippen molar-refractivity contribution in [3.8, 4) is 11.5 Å². The summed E-state index contributed by atoms with van der Waals surface area (Å²) >= 11 is 12.0. The Balaban J connectivity index is 1.42. The lowest BCUT2D eigenvalue weighted by atomic mass is 10.1. The molecule has 2 amide bonds. The second-order valence-electron chi connectivity index (χ2n) is 8.21. The molecule has 2 atom stereocenters. The summed E-state index contributed by atoms with van der Waals surface area (Å²) in [5, 5.41) is 3.63. The molecular formula is C24H27Cl2N3O5. The molecule has 2 aromatic carbocycles. The molecule has 2 aromatic rings. The first-order valence-electron chi connectivity index (χ1n) is 11.2. The van der Waals surface area contributed by atoms with Gasteiger partial charge in [0.25, 0.3) is 11.8 Å². The van der Waals surface area contributed by atoms with Crippen molar-refractivity contribution in [3.63, 3.8) is 0 Å². The molecule has 8 nitrogen and oxygen atoms in total. The lowest BCUT2D eigenvalue weighted by molar-refractivity contribution is -0.125. The molecule has 2 unspecified atom stereocenters. The van der Waals surface area contributed by atoms with Gasteiger partial charge in [-0.25, -0.2) is 0 Å². The minimum absolute atomic E-state index is 0.0839. The molecule has 0 spiro atoms. The Bertz CT molecular complexity index is 1060. The Hall–Kier alpha value is -2.52. The number of amides is 2. The summed E-state index contributed by atoms with van der Waals surface area (Å²) in [7, 11) is 0. The maximum absolute atomic E-state index is 12.8. The van der Waals surface area contributed by atoms with Crippen molar-refractivity contribution in [1.29, 1.82) is 0 Å². The van der Waals surface area contributed by atoms with Gasteiger partial charge in [-0.15, -0.1) is 0 Å². The van der Waals surface area contributed by atoms with Crippen molar-refractivity contribution >= 4 is 46.4 Å². The third-order valence-corrected chi connectivity index (χ3v) is 6.28. The van der Waals surface area contributed by atoms with E-state index in [9.17, 15) is 9.59 Å². The number of fused-ring (bicyclic) bond motifs is 1. The number of nitrogens with one attached hydrogen (secondary N) is 1. The van der Waals surface area contributed by atoms with E-state index in [1.807, 2.05) is 0 Å². The highest BCUT2D eigenvalue weighted by atomic mass is 35.5. The van der Waals surface area contributed by atoms with Crippen LogP contribution in [0, 0.1) is 0 Å². The number of rotatable bonds is 7. The summed E-state index contributed by atoms with van der Waals surface area (Å²) in [6.07, 6.45) is -1.42. The number of halogens is 2. The van der Waals surface area contributed by atoms with Gasteiger partial charge in [0.1, 0.15) is 11.5 Å². The summed E-state index contributed by atoms with van der Waals surface area (Å²) in [6.45, 7) is 7.78. The molecule has 182 valence electrons. The zero-order valence-corrected chi connectivity index (χ0v) is 20.6. The topological polar surface area (TPSA) is 80.3 Å². The average Bonchev–Trinajstić information content (AvgIpc) is 2.82. The fraction of sp³-hybridized carbons (Fsp3) is 0.417. The number of hydrogen-bond acceptors (Lipinski definition) is 6. The third-order valence-electron chi connectivity index (χ3n) is 5.75. The second kappa shape index (κ2) is 10.8. The van der Waals surface area contributed by atoms with E-state index in [0.717, 1.165) is 19.6 Å². The van der Waals surface area contributed by atoms with Crippen molar-refractivity contribution in [1.82, 2.24) is 4.90 Å². The fourth-order valence-electron chi connectivity index (χ4n) is 3.84. The number of anilines is 2. The fourth-order valence-corrected chi connectivity index (χ4v) is 4.30. The number of carbonyl (C=O) groups excluding carboxylic acids is 2. The molecular weight excluding hydrogens is 481 g/mol. The minimum atomic E-state index is -0.804. The van der Waals surface area contributed by atoms with Gasteiger partial charge in [-0.05, 0) is 44.2 Å². The van der Waals surface area contributed by atoms with Crippen LogP contribution in [0.4, 0.5) is 11.4 Å². The van der Waals surface area contributed by atoms with Crippen molar-refractivity contribution in [2.45, 2.75) is 26.1 Å². The molecule has 1 saturated heterocycles. The number of nitrogens with zero attached hydrogens (tertiary/aromatic N) is 2. The third kappa shape index (κ3) is 5.75. The summed E-state index contributed by atoms with van der Waals surface area (Å²) in [4.78, 5) is 29.5. The van der Waals surface area contributed by atoms with Crippen LogP contribution in [0.2, 0.25) is 10.0 Å². The van der Waals surface area contributed by atoms with E-state index in [1.54, 1.807) is 55.1 Å². The van der Waals surface area contributed by atoms with Gasteiger partial charge < -0.3 is 24.4 Å². The van der Waals surface area contributed by atoms with Gasteiger partial charge in [0.15, 0.2) is 12.2 Å². The molecule has 4 rings (SSSR count). The van der Waals surface area contributed by atoms with Gasteiger partial charge in [-0.1, -0.05) is 23.2 Å². The Morgan fingerprint density at radius 2 is 1.94 bits per heavy atom. The van der Waals surface area contributed by atoms with Gasteiger partial charge in [-0.3, -0.25) is 14.5 Å². The number of hydrogen-bond donors (Lipinski definition) is 1. The predicted octanol–water partition coefficient (Wildman–Crippen LogP) is 3.85. The van der Waals surface area contributed by atoms with E-state index in [2.05, 4.69) is 10.2 Å². The number of ether oxygens (including phenoxy) is 3. The maximum Gasteiger partial charge on any atom is 0.267 e. The van der Waals surface area contributed by atoms with Crippen LogP contribution in [0.1, 0.15) is 13.8 Å². The molecule has 0 bridgehead atoms. The zero-order chi connectivity index (χ0) is 24.2. The Morgan fingerprint density at radius 1 is 1.18 bits per heavy atom. The Kier molecular flexibility index (Phi) is 7.83. The number of carbonyl (C=O) groups is 2. The van der Waals surface area contributed by atoms with E-state index < -0.39 is 12.2 Å². The Labute approximate surface area is 208 Å². The van der Waals surface area contributed by atoms with Gasteiger partial charge in [-0.2, -0.15) is 0 Å². The van der Waals surface area contributed by atoms with Crippen LogP contribution in [0.5, 0.6) is 11.5 Å². The number of morpholine rings is 1. The summed E-state index contributed by atoms with van der Waals surface area (Å²) < 4.78 is 16.9. The van der Waals surface area contributed by atoms with Gasteiger partial charge in [0.05, 0.1) is 23.9 Å². The zero-order valence-electron chi connectivity index (χ0n) is 19.1. The van der Waals surface area contributed by atoms with Crippen LogP contribution in [0.3, 0.4) is 0 Å². The first kappa shape index (κ1) is 24.6. The Morgan fingerprint density at radius 3 is 2.68 bits per heavy atom. The van der Waals surface area contributed by atoms with Crippen LogP contribution in [-0.2, 0) is 14.3 Å². The van der Waals surface area contributed by atoms with E-state index in [4.69, 9.17) is 37.4 Å². The van der Waals surface area contributed by atoms with Crippen LogP contribution >= 0.6 is 23.2 Å². The maximum atomic E-state index is 12.8. The van der Waals surface area contributed by atoms with Crippen LogP contribution < -0.4 is 19.7 Å². The largest absolute Gasteiger partial charge is 0.479 e. The van der Waals surface area contributed by atoms with Crippen molar-refractivity contribution in [3.05, 3.63) is 46.4 Å². The average molecular weight is 508 g/mol. The normalized spacial score (nSPS) is 19.2. The lowest BCUT2D eigenvalue weighted by Crippen LogP contribution is -2.48. The molecule has 2 aliphatic rings.